The minimum atomic E-state index is 0.570. The molecule has 0 aliphatic heterocycles. The first-order valence-electron chi connectivity index (χ1n) is 6.85. The van der Waals surface area contributed by atoms with E-state index in [-0.39, 0.29) is 0 Å². The van der Waals surface area contributed by atoms with Crippen molar-refractivity contribution in [2.75, 3.05) is 12.3 Å². The van der Waals surface area contributed by atoms with Crippen LogP contribution >= 0.6 is 11.6 Å². The van der Waals surface area contributed by atoms with E-state index in [4.69, 9.17) is 22.1 Å². The summed E-state index contributed by atoms with van der Waals surface area (Å²) in [5.41, 5.74) is 8.63. The van der Waals surface area contributed by atoms with Gasteiger partial charge in [0.1, 0.15) is 22.9 Å². The van der Waals surface area contributed by atoms with E-state index in [1.54, 1.807) is 16.7 Å². The number of halogens is 1. The van der Waals surface area contributed by atoms with Gasteiger partial charge in [-0.2, -0.15) is 0 Å². The number of anilines is 1. The maximum Gasteiger partial charge on any atom is 0.139 e. The van der Waals surface area contributed by atoms with Crippen molar-refractivity contribution in [2.45, 2.75) is 13.3 Å². The van der Waals surface area contributed by atoms with Crippen molar-refractivity contribution >= 4 is 23.1 Å². The predicted molar refractivity (Wildman–Crippen MR) is 85.8 cm³/mol. The molecular formula is C16H16ClN3O. The minimum Gasteiger partial charge on any atom is -0.494 e. The fourth-order valence-corrected chi connectivity index (χ4v) is 2.36. The highest BCUT2D eigenvalue weighted by Crippen LogP contribution is 2.29. The zero-order valence-electron chi connectivity index (χ0n) is 11.7. The van der Waals surface area contributed by atoms with E-state index in [1.807, 2.05) is 30.3 Å². The van der Waals surface area contributed by atoms with E-state index in [2.05, 4.69) is 11.9 Å². The second kappa shape index (κ2) is 5.66. The predicted octanol–water partition coefficient (Wildman–Crippen LogP) is 4.03. The number of benzene rings is 1. The Hall–Kier alpha value is -2.20. The van der Waals surface area contributed by atoms with Gasteiger partial charge in [-0.1, -0.05) is 30.7 Å². The summed E-state index contributed by atoms with van der Waals surface area (Å²) in [6, 6.07) is 11.4. The maximum absolute atomic E-state index is 6.19. The number of pyridine rings is 1. The summed E-state index contributed by atoms with van der Waals surface area (Å²) in [5.74, 6) is 1.39. The zero-order chi connectivity index (χ0) is 14.8. The molecule has 0 saturated heterocycles. The van der Waals surface area contributed by atoms with Crippen molar-refractivity contribution in [2.24, 2.45) is 0 Å². The number of hydrogen-bond acceptors (Lipinski definition) is 3. The van der Waals surface area contributed by atoms with Crippen LogP contribution in [0.25, 0.3) is 16.9 Å². The fourth-order valence-electron chi connectivity index (χ4n) is 2.20. The van der Waals surface area contributed by atoms with Gasteiger partial charge in [0.15, 0.2) is 0 Å². The van der Waals surface area contributed by atoms with E-state index >= 15 is 0 Å². The van der Waals surface area contributed by atoms with Crippen molar-refractivity contribution in [1.82, 2.24) is 9.38 Å². The van der Waals surface area contributed by atoms with Gasteiger partial charge in [0.05, 0.1) is 11.6 Å². The third kappa shape index (κ3) is 2.67. The molecule has 0 spiro atoms. The van der Waals surface area contributed by atoms with E-state index in [1.165, 1.54) is 0 Å². The van der Waals surface area contributed by atoms with Crippen LogP contribution in [-0.2, 0) is 0 Å². The number of hydrogen-bond donors (Lipinski definition) is 1. The first-order chi connectivity index (χ1) is 10.2. The maximum atomic E-state index is 6.19. The van der Waals surface area contributed by atoms with Crippen LogP contribution in [0.5, 0.6) is 5.75 Å². The average molecular weight is 302 g/mol. The van der Waals surface area contributed by atoms with Crippen LogP contribution in [0.1, 0.15) is 13.3 Å². The standard InChI is InChI=1S/C16H16ClN3O/c1-2-8-21-13-5-3-4-11(9-13)15-16(18)20-10-12(17)6-7-14(20)19-15/h3-7,9-10H,2,8,18H2,1H3. The van der Waals surface area contributed by atoms with Gasteiger partial charge in [-0.05, 0) is 30.7 Å². The summed E-state index contributed by atoms with van der Waals surface area (Å²) < 4.78 is 7.44. The summed E-state index contributed by atoms with van der Waals surface area (Å²) in [6.45, 7) is 2.77. The molecule has 0 unspecified atom stereocenters. The number of ether oxygens (including phenoxy) is 1. The molecule has 3 rings (SSSR count). The van der Waals surface area contributed by atoms with Crippen molar-refractivity contribution in [3.05, 3.63) is 47.6 Å². The Morgan fingerprint density at radius 2 is 2.14 bits per heavy atom. The number of nitrogen functional groups attached to an aromatic ring is 1. The van der Waals surface area contributed by atoms with Gasteiger partial charge in [-0.25, -0.2) is 4.98 Å². The third-order valence-corrected chi connectivity index (χ3v) is 3.42. The molecule has 1 aromatic carbocycles. The number of nitrogens with two attached hydrogens (primary N) is 1. The quantitative estimate of drug-likeness (QED) is 0.791. The summed E-state index contributed by atoms with van der Waals surface area (Å²) in [5, 5.41) is 0.623. The highest BCUT2D eigenvalue weighted by Gasteiger charge is 2.12. The number of nitrogens with zero attached hydrogens (tertiary/aromatic N) is 2. The number of imidazole rings is 1. The molecule has 0 atom stereocenters. The minimum absolute atomic E-state index is 0.570. The molecule has 0 amide bonds. The Balaban J connectivity index is 2.05. The molecule has 21 heavy (non-hydrogen) atoms. The van der Waals surface area contributed by atoms with Gasteiger partial charge in [0.25, 0.3) is 0 Å². The second-order valence-corrected chi connectivity index (χ2v) is 5.23. The number of rotatable bonds is 4. The van der Waals surface area contributed by atoms with Gasteiger partial charge in [-0.3, -0.25) is 4.40 Å². The summed E-state index contributed by atoms with van der Waals surface area (Å²) in [7, 11) is 0. The Labute approximate surface area is 128 Å². The number of aromatic nitrogens is 2. The average Bonchev–Trinajstić information content (AvgIpc) is 2.82. The zero-order valence-corrected chi connectivity index (χ0v) is 12.5. The van der Waals surface area contributed by atoms with Crippen molar-refractivity contribution in [1.29, 1.82) is 0 Å². The fraction of sp³-hybridized carbons (Fsp3) is 0.188. The van der Waals surface area contributed by atoms with Gasteiger partial charge >= 0.3 is 0 Å². The van der Waals surface area contributed by atoms with Gasteiger partial charge < -0.3 is 10.5 Å². The van der Waals surface area contributed by atoms with Gasteiger partial charge in [-0.15, -0.1) is 0 Å². The molecule has 0 bridgehead atoms. The number of fused-ring (bicyclic) bond motifs is 1. The highest BCUT2D eigenvalue weighted by atomic mass is 35.5. The first kappa shape index (κ1) is 13.8. The smallest absolute Gasteiger partial charge is 0.139 e. The molecule has 0 aliphatic rings. The van der Waals surface area contributed by atoms with E-state index in [0.717, 1.165) is 29.1 Å². The highest BCUT2D eigenvalue weighted by molar-refractivity contribution is 6.30. The Morgan fingerprint density at radius 1 is 1.29 bits per heavy atom. The lowest BCUT2D eigenvalue weighted by atomic mass is 10.1. The van der Waals surface area contributed by atoms with Gasteiger partial charge in [0, 0.05) is 11.8 Å². The van der Waals surface area contributed by atoms with Crippen molar-refractivity contribution < 1.29 is 4.74 Å². The molecule has 0 radical (unpaired) electrons. The molecule has 0 aliphatic carbocycles. The third-order valence-electron chi connectivity index (χ3n) is 3.20. The first-order valence-corrected chi connectivity index (χ1v) is 7.23. The molecule has 4 nitrogen and oxygen atoms in total. The Kier molecular flexibility index (Phi) is 3.71. The Morgan fingerprint density at radius 3 is 2.95 bits per heavy atom. The molecule has 0 saturated carbocycles. The van der Waals surface area contributed by atoms with E-state index < -0.39 is 0 Å². The van der Waals surface area contributed by atoms with Crippen LogP contribution in [0.3, 0.4) is 0 Å². The van der Waals surface area contributed by atoms with Crippen LogP contribution in [0.15, 0.2) is 42.6 Å². The lowest BCUT2D eigenvalue weighted by molar-refractivity contribution is 0.317. The van der Waals surface area contributed by atoms with Crippen molar-refractivity contribution in [3.63, 3.8) is 0 Å². The van der Waals surface area contributed by atoms with E-state index in [0.29, 0.717) is 17.4 Å². The molecule has 2 heterocycles. The summed E-state index contributed by atoms with van der Waals surface area (Å²) in [6.07, 6.45) is 2.74. The second-order valence-electron chi connectivity index (χ2n) is 4.80. The Bertz CT molecular complexity index is 782. The van der Waals surface area contributed by atoms with Crippen LogP contribution < -0.4 is 10.5 Å². The summed E-state index contributed by atoms with van der Waals surface area (Å²) in [4.78, 5) is 4.57. The lowest BCUT2D eigenvalue weighted by Gasteiger charge is -2.06. The van der Waals surface area contributed by atoms with Crippen LogP contribution in [0.2, 0.25) is 5.02 Å². The summed E-state index contributed by atoms with van der Waals surface area (Å²) >= 11 is 6.00. The SMILES string of the molecule is CCCOc1cccc(-c2nc3ccc(Cl)cn3c2N)c1. The molecule has 0 fully saturated rings. The largest absolute Gasteiger partial charge is 0.494 e. The molecule has 3 aromatic rings. The molecule has 2 aromatic heterocycles. The van der Waals surface area contributed by atoms with Crippen molar-refractivity contribution in [3.8, 4) is 17.0 Å². The van der Waals surface area contributed by atoms with Crippen LogP contribution in [0, 0.1) is 0 Å². The molecule has 5 heteroatoms. The molecular weight excluding hydrogens is 286 g/mol. The lowest BCUT2D eigenvalue weighted by Crippen LogP contribution is -1.96. The van der Waals surface area contributed by atoms with Gasteiger partial charge in [0.2, 0.25) is 0 Å². The van der Waals surface area contributed by atoms with Crippen LogP contribution in [0.4, 0.5) is 5.82 Å². The monoisotopic (exact) mass is 301 g/mol. The van der Waals surface area contributed by atoms with Crippen LogP contribution in [-0.4, -0.2) is 16.0 Å². The molecule has 2 N–H and O–H groups in total. The topological polar surface area (TPSA) is 52.5 Å². The molecule has 108 valence electrons. The normalized spacial score (nSPS) is 11.0. The van der Waals surface area contributed by atoms with E-state index in [9.17, 15) is 0 Å².